The van der Waals surface area contributed by atoms with E-state index in [4.69, 9.17) is 15.9 Å². The van der Waals surface area contributed by atoms with Crippen molar-refractivity contribution in [1.29, 1.82) is 5.41 Å². The summed E-state index contributed by atoms with van der Waals surface area (Å²) in [7, 11) is 0. The average Bonchev–Trinajstić information content (AvgIpc) is 2.26. The number of hydrogen-bond donors (Lipinski definition) is 2. The number of aryl methyl sites for hydroxylation is 3. The van der Waals surface area contributed by atoms with Gasteiger partial charge in [-0.15, -0.1) is 0 Å². The van der Waals surface area contributed by atoms with Crippen LogP contribution in [0.1, 0.15) is 22.4 Å². The minimum Gasteiger partial charge on any atom is -0.438 e. The molecule has 0 saturated carbocycles. The summed E-state index contributed by atoms with van der Waals surface area (Å²) in [6.45, 7) is 5.89. The summed E-state index contributed by atoms with van der Waals surface area (Å²) < 4.78 is 5.78. The highest BCUT2D eigenvalue weighted by atomic mass is 16.5. The third-order valence-corrected chi connectivity index (χ3v) is 2.70. The van der Waals surface area contributed by atoms with Gasteiger partial charge in [-0.3, -0.25) is 5.41 Å². The van der Waals surface area contributed by atoms with Crippen LogP contribution in [0.25, 0.3) is 0 Å². The van der Waals surface area contributed by atoms with Gasteiger partial charge in [-0.05, 0) is 56.2 Å². The van der Waals surface area contributed by atoms with Crippen LogP contribution in [-0.4, -0.2) is 10.8 Å². The third kappa shape index (κ3) is 3.10. The molecule has 0 aliphatic heterocycles. The van der Waals surface area contributed by atoms with Gasteiger partial charge in [0, 0.05) is 5.69 Å². The van der Waals surface area contributed by atoms with E-state index in [1.807, 2.05) is 39.0 Å². The van der Waals surface area contributed by atoms with Crippen molar-refractivity contribution in [1.82, 2.24) is 4.98 Å². The van der Waals surface area contributed by atoms with Crippen LogP contribution in [0.5, 0.6) is 11.6 Å². The zero-order chi connectivity index (χ0) is 14.0. The predicted molar refractivity (Wildman–Crippen MR) is 76.0 cm³/mol. The fraction of sp³-hybridized carbons (Fsp3) is 0.200. The monoisotopic (exact) mass is 255 g/mol. The van der Waals surface area contributed by atoms with Crippen molar-refractivity contribution in [3.8, 4) is 11.6 Å². The van der Waals surface area contributed by atoms with Gasteiger partial charge in [0.2, 0.25) is 5.88 Å². The molecule has 98 valence electrons. The van der Waals surface area contributed by atoms with Crippen LogP contribution >= 0.6 is 0 Å². The van der Waals surface area contributed by atoms with Crippen LogP contribution in [0.15, 0.2) is 30.3 Å². The Morgan fingerprint density at radius 1 is 1.11 bits per heavy atom. The van der Waals surface area contributed by atoms with Gasteiger partial charge < -0.3 is 10.5 Å². The SMILES string of the molecule is Cc1cc(C)cc(Oc2nc(C)ccc2C(=N)N)c1. The molecule has 0 fully saturated rings. The van der Waals surface area contributed by atoms with Crippen LogP contribution in [0.2, 0.25) is 0 Å². The summed E-state index contributed by atoms with van der Waals surface area (Å²) >= 11 is 0. The molecule has 0 atom stereocenters. The Kier molecular flexibility index (Phi) is 3.51. The maximum atomic E-state index is 7.55. The maximum absolute atomic E-state index is 7.55. The zero-order valence-corrected chi connectivity index (χ0v) is 11.3. The summed E-state index contributed by atoms with van der Waals surface area (Å²) in [4.78, 5) is 4.31. The lowest BCUT2D eigenvalue weighted by Gasteiger charge is -2.11. The summed E-state index contributed by atoms with van der Waals surface area (Å²) in [6, 6.07) is 9.50. The molecule has 0 aliphatic carbocycles. The lowest BCUT2D eigenvalue weighted by molar-refractivity contribution is 0.460. The molecule has 4 heteroatoms. The summed E-state index contributed by atoms with van der Waals surface area (Å²) in [6.07, 6.45) is 0. The van der Waals surface area contributed by atoms with E-state index in [-0.39, 0.29) is 5.84 Å². The van der Waals surface area contributed by atoms with Crippen molar-refractivity contribution in [2.24, 2.45) is 5.73 Å². The van der Waals surface area contributed by atoms with Crippen molar-refractivity contribution >= 4 is 5.84 Å². The quantitative estimate of drug-likeness (QED) is 0.654. The number of ether oxygens (including phenoxy) is 1. The predicted octanol–water partition coefficient (Wildman–Crippen LogP) is 3.08. The Morgan fingerprint density at radius 2 is 1.74 bits per heavy atom. The first-order chi connectivity index (χ1) is 8.95. The second kappa shape index (κ2) is 5.10. The Labute approximate surface area is 112 Å². The number of nitrogens with two attached hydrogens (primary N) is 1. The molecule has 0 spiro atoms. The molecule has 0 saturated heterocycles. The topological polar surface area (TPSA) is 72.0 Å². The van der Waals surface area contributed by atoms with Gasteiger partial charge in [0.05, 0.1) is 5.56 Å². The number of nitrogen functional groups attached to an aromatic ring is 1. The minimum atomic E-state index is -0.0492. The molecule has 0 amide bonds. The van der Waals surface area contributed by atoms with Gasteiger partial charge in [0.1, 0.15) is 11.6 Å². The lowest BCUT2D eigenvalue weighted by atomic mass is 10.1. The second-order valence-corrected chi connectivity index (χ2v) is 4.64. The van der Waals surface area contributed by atoms with E-state index >= 15 is 0 Å². The summed E-state index contributed by atoms with van der Waals surface area (Å²) in [5, 5.41) is 7.55. The molecule has 4 nitrogen and oxygen atoms in total. The largest absolute Gasteiger partial charge is 0.438 e. The smallest absolute Gasteiger partial charge is 0.230 e. The molecule has 1 aromatic heterocycles. The van der Waals surface area contributed by atoms with Crippen molar-refractivity contribution in [2.75, 3.05) is 0 Å². The van der Waals surface area contributed by atoms with E-state index in [9.17, 15) is 0 Å². The van der Waals surface area contributed by atoms with Crippen molar-refractivity contribution < 1.29 is 4.74 Å². The van der Waals surface area contributed by atoms with E-state index in [1.165, 1.54) is 0 Å². The molecule has 3 N–H and O–H groups in total. The number of rotatable bonds is 3. The first-order valence-electron chi connectivity index (χ1n) is 6.04. The fourth-order valence-electron chi connectivity index (χ4n) is 1.92. The molecule has 0 aliphatic rings. The Bertz CT molecular complexity index is 615. The average molecular weight is 255 g/mol. The molecule has 0 unspecified atom stereocenters. The zero-order valence-electron chi connectivity index (χ0n) is 11.3. The maximum Gasteiger partial charge on any atom is 0.230 e. The van der Waals surface area contributed by atoms with Crippen LogP contribution in [0.3, 0.4) is 0 Å². The second-order valence-electron chi connectivity index (χ2n) is 4.64. The number of aromatic nitrogens is 1. The minimum absolute atomic E-state index is 0.0492. The van der Waals surface area contributed by atoms with Gasteiger partial charge in [-0.2, -0.15) is 0 Å². The third-order valence-electron chi connectivity index (χ3n) is 2.70. The molecule has 1 heterocycles. The normalized spacial score (nSPS) is 10.3. The first kappa shape index (κ1) is 13.1. The van der Waals surface area contributed by atoms with E-state index in [0.29, 0.717) is 17.2 Å². The van der Waals surface area contributed by atoms with E-state index in [2.05, 4.69) is 11.1 Å². The molecule has 0 bridgehead atoms. The molecule has 19 heavy (non-hydrogen) atoms. The number of nitrogens with zero attached hydrogens (tertiary/aromatic N) is 1. The van der Waals surface area contributed by atoms with Crippen molar-refractivity contribution in [2.45, 2.75) is 20.8 Å². The Hall–Kier alpha value is -2.36. The fourth-order valence-corrected chi connectivity index (χ4v) is 1.92. The van der Waals surface area contributed by atoms with E-state index in [0.717, 1.165) is 16.8 Å². The Balaban J connectivity index is 2.42. The highest BCUT2D eigenvalue weighted by Gasteiger charge is 2.10. The van der Waals surface area contributed by atoms with Gasteiger partial charge in [0.15, 0.2) is 0 Å². The highest BCUT2D eigenvalue weighted by molar-refractivity contribution is 5.97. The summed E-state index contributed by atoms with van der Waals surface area (Å²) in [5.74, 6) is 1.03. The number of pyridine rings is 1. The summed E-state index contributed by atoms with van der Waals surface area (Å²) in [5.41, 5.74) is 9.10. The van der Waals surface area contributed by atoms with Crippen LogP contribution in [0, 0.1) is 26.2 Å². The standard InChI is InChI=1S/C15H17N3O/c1-9-6-10(2)8-12(7-9)19-15-13(14(16)17)5-4-11(3)18-15/h4-8H,1-3H3,(H3,16,17). The van der Waals surface area contributed by atoms with Crippen LogP contribution in [0.4, 0.5) is 0 Å². The van der Waals surface area contributed by atoms with E-state index < -0.39 is 0 Å². The van der Waals surface area contributed by atoms with Crippen LogP contribution in [-0.2, 0) is 0 Å². The Morgan fingerprint density at radius 3 is 2.32 bits per heavy atom. The molecule has 0 radical (unpaired) electrons. The van der Waals surface area contributed by atoms with Gasteiger partial charge in [0.25, 0.3) is 0 Å². The molecule has 2 rings (SSSR count). The van der Waals surface area contributed by atoms with Crippen molar-refractivity contribution in [3.63, 3.8) is 0 Å². The molecule has 1 aromatic carbocycles. The van der Waals surface area contributed by atoms with Crippen LogP contribution < -0.4 is 10.5 Å². The van der Waals surface area contributed by atoms with Gasteiger partial charge >= 0.3 is 0 Å². The van der Waals surface area contributed by atoms with E-state index in [1.54, 1.807) is 6.07 Å². The number of amidine groups is 1. The first-order valence-corrected chi connectivity index (χ1v) is 6.04. The van der Waals surface area contributed by atoms with Crippen molar-refractivity contribution in [3.05, 3.63) is 52.7 Å². The van der Waals surface area contributed by atoms with Gasteiger partial charge in [-0.25, -0.2) is 4.98 Å². The number of hydrogen-bond acceptors (Lipinski definition) is 3. The number of benzene rings is 1. The molecule has 2 aromatic rings. The number of nitrogens with one attached hydrogen (secondary N) is 1. The highest BCUT2D eigenvalue weighted by Crippen LogP contribution is 2.25. The van der Waals surface area contributed by atoms with Gasteiger partial charge in [-0.1, -0.05) is 6.07 Å². The lowest BCUT2D eigenvalue weighted by Crippen LogP contribution is -2.13. The molecular formula is C15H17N3O. The molecular weight excluding hydrogens is 238 g/mol.